The first-order valence-corrected chi connectivity index (χ1v) is 4.52. The topological polar surface area (TPSA) is 0 Å². The van der Waals surface area contributed by atoms with Gasteiger partial charge < -0.3 is 0 Å². The summed E-state index contributed by atoms with van der Waals surface area (Å²) >= 11 is 2.41. The average molecular weight is 132 g/mol. The summed E-state index contributed by atoms with van der Waals surface area (Å²) in [5.74, 6) is 0.979. The summed E-state index contributed by atoms with van der Waals surface area (Å²) in [5.41, 5.74) is 0.552. The molecule has 1 saturated carbocycles. The van der Waals surface area contributed by atoms with E-state index in [1.54, 1.807) is 0 Å². The molecular weight excluding hydrogens is 115 g/mol. The Bertz CT molecular complexity index is 112. The second-order valence-corrected chi connectivity index (χ2v) is 4.88. The van der Waals surface area contributed by atoms with Crippen molar-refractivity contribution in [3.05, 3.63) is 0 Å². The Hall–Kier alpha value is 0.597. The van der Waals surface area contributed by atoms with Gasteiger partial charge in [0.2, 0.25) is 0 Å². The van der Waals surface area contributed by atoms with Gasteiger partial charge in [0, 0.05) is 0 Å². The van der Waals surface area contributed by atoms with Gasteiger partial charge in [0.05, 0.1) is 0 Å². The standard InChI is InChI=1S/C9H17.Li/c1-9(2,3)8-6-4-5-7-8;/h6,8H,4-5,7H2,1-3H3;. The summed E-state index contributed by atoms with van der Waals surface area (Å²) < 4.78 is 0.972. The molecule has 0 spiro atoms. The van der Waals surface area contributed by atoms with Gasteiger partial charge >= 0.3 is 73.7 Å². The van der Waals surface area contributed by atoms with Crippen LogP contribution in [0.25, 0.3) is 0 Å². The van der Waals surface area contributed by atoms with Gasteiger partial charge in [0.15, 0.2) is 0 Å². The van der Waals surface area contributed by atoms with Crippen molar-refractivity contribution in [1.82, 2.24) is 0 Å². The van der Waals surface area contributed by atoms with Gasteiger partial charge in [-0.15, -0.1) is 0 Å². The van der Waals surface area contributed by atoms with Gasteiger partial charge in [-0.1, -0.05) is 0 Å². The van der Waals surface area contributed by atoms with Gasteiger partial charge in [-0.3, -0.25) is 0 Å². The van der Waals surface area contributed by atoms with E-state index in [4.69, 9.17) is 0 Å². The van der Waals surface area contributed by atoms with Crippen molar-refractivity contribution in [2.45, 2.75) is 44.6 Å². The third kappa shape index (κ3) is 1.80. The summed E-state index contributed by atoms with van der Waals surface area (Å²) in [4.78, 5) is 0. The zero-order valence-corrected chi connectivity index (χ0v) is 7.78. The van der Waals surface area contributed by atoms with E-state index < -0.39 is 0 Å². The van der Waals surface area contributed by atoms with E-state index in [0.717, 1.165) is 10.5 Å². The normalized spacial score (nSPS) is 34.9. The Kier molecular flexibility index (Phi) is 2.53. The van der Waals surface area contributed by atoms with Crippen LogP contribution in [0.15, 0.2) is 0 Å². The Labute approximate surface area is 74.0 Å². The summed E-state index contributed by atoms with van der Waals surface area (Å²) in [5, 5.41) is 0. The Morgan fingerprint density at radius 3 is 2.00 bits per heavy atom. The molecule has 0 bridgehead atoms. The SMILES string of the molecule is [Li][CH]1CCCC1C(C)(C)C. The van der Waals surface area contributed by atoms with Crippen molar-refractivity contribution in [2.75, 3.05) is 0 Å². The maximum absolute atomic E-state index is 2.41. The number of hydrogen-bond donors (Lipinski definition) is 0. The van der Waals surface area contributed by atoms with E-state index in [1.165, 1.54) is 19.3 Å². The van der Waals surface area contributed by atoms with Gasteiger partial charge in [-0.05, 0) is 0 Å². The Morgan fingerprint density at radius 2 is 1.80 bits per heavy atom. The molecule has 0 aromatic rings. The molecule has 0 aromatic carbocycles. The molecule has 1 heteroatoms. The number of hydrogen-bond acceptors (Lipinski definition) is 0. The van der Waals surface area contributed by atoms with E-state index in [-0.39, 0.29) is 0 Å². The van der Waals surface area contributed by atoms with Crippen LogP contribution in [0, 0.1) is 11.3 Å². The molecule has 0 aromatic heterocycles. The van der Waals surface area contributed by atoms with E-state index in [9.17, 15) is 0 Å². The summed E-state index contributed by atoms with van der Waals surface area (Å²) in [7, 11) is 0. The molecule has 0 heterocycles. The minimum absolute atomic E-state index is 0.552. The molecule has 0 aliphatic heterocycles. The summed E-state index contributed by atoms with van der Waals surface area (Å²) in [6, 6.07) is 0. The summed E-state index contributed by atoms with van der Waals surface area (Å²) in [6.07, 6.45) is 4.38. The predicted molar refractivity (Wildman–Crippen MR) is 46.3 cm³/mol. The van der Waals surface area contributed by atoms with Gasteiger partial charge in [0.1, 0.15) is 0 Å². The maximum atomic E-state index is 2.41. The second-order valence-electron chi connectivity index (χ2n) is 4.88. The van der Waals surface area contributed by atoms with E-state index >= 15 is 0 Å². The van der Waals surface area contributed by atoms with Crippen LogP contribution in [0.2, 0.25) is 4.59 Å². The van der Waals surface area contributed by atoms with Crippen LogP contribution in [0.3, 0.4) is 0 Å². The zero-order chi connectivity index (χ0) is 7.78. The van der Waals surface area contributed by atoms with Crippen LogP contribution >= 0.6 is 0 Å². The van der Waals surface area contributed by atoms with Gasteiger partial charge in [-0.25, -0.2) is 0 Å². The van der Waals surface area contributed by atoms with Crippen LogP contribution in [0.4, 0.5) is 0 Å². The van der Waals surface area contributed by atoms with E-state index in [1.807, 2.05) is 0 Å². The predicted octanol–water partition coefficient (Wildman–Crippen LogP) is 2.79. The van der Waals surface area contributed by atoms with Crippen LogP contribution in [-0.2, 0) is 0 Å². The fraction of sp³-hybridized carbons (Fsp3) is 1.00. The van der Waals surface area contributed by atoms with Crippen molar-refractivity contribution >= 4 is 17.7 Å². The van der Waals surface area contributed by atoms with Crippen LogP contribution < -0.4 is 0 Å². The fourth-order valence-corrected chi connectivity index (χ4v) is 2.43. The first kappa shape index (κ1) is 8.69. The molecule has 0 radical (unpaired) electrons. The second kappa shape index (κ2) is 2.92. The molecule has 1 rings (SSSR count). The Morgan fingerprint density at radius 1 is 1.20 bits per heavy atom. The quantitative estimate of drug-likeness (QED) is 0.444. The fourth-order valence-electron chi connectivity index (χ4n) is 2.43. The molecule has 2 unspecified atom stereocenters. The van der Waals surface area contributed by atoms with Crippen molar-refractivity contribution in [3.63, 3.8) is 0 Å². The van der Waals surface area contributed by atoms with Crippen LogP contribution in [0.1, 0.15) is 40.0 Å². The molecule has 0 amide bonds. The Balaban J connectivity index is 2.55. The molecule has 1 fully saturated rings. The van der Waals surface area contributed by atoms with Crippen molar-refractivity contribution in [3.8, 4) is 0 Å². The first-order chi connectivity index (χ1) is 4.52. The van der Waals surface area contributed by atoms with Crippen molar-refractivity contribution in [1.29, 1.82) is 0 Å². The van der Waals surface area contributed by atoms with Crippen molar-refractivity contribution < 1.29 is 0 Å². The zero-order valence-electron chi connectivity index (χ0n) is 7.78. The minimum atomic E-state index is 0.552. The third-order valence-electron chi connectivity index (χ3n) is 2.97. The molecule has 0 N–H and O–H groups in total. The molecule has 1 aliphatic carbocycles. The molecule has 2 atom stereocenters. The average Bonchev–Trinajstić information content (AvgIpc) is 2.11. The molecule has 0 nitrogen and oxygen atoms in total. The van der Waals surface area contributed by atoms with Gasteiger partial charge in [-0.2, -0.15) is 0 Å². The molecule has 54 valence electrons. The monoisotopic (exact) mass is 132 g/mol. The summed E-state index contributed by atoms with van der Waals surface area (Å²) in [6.45, 7) is 7.12. The number of rotatable bonds is 0. The van der Waals surface area contributed by atoms with Gasteiger partial charge in [0.25, 0.3) is 0 Å². The first-order valence-electron chi connectivity index (χ1n) is 4.52. The van der Waals surface area contributed by atoms with E-state index in [2.05, 4.69) is 38.5 Å². The molecule has 0 saturated heterocycles. The van der Waals surface area contributed by atoms with Crippen LogP contribution in [0.5, 0.6) is 0 Å². The van der Waals surface area contributed by atoms with Crippen molar-refractivity contribution in [2.24, 2.45) is 11.3 Å². The molecule has 10 heavy (non-hydrogen) atoms. The van der Waals surface area contributed by atoms with Crippen LogP contribution in [-0.4, -0.2) is 17.7 Å². The third-order valence-corrected chi connectivity index (χ3v) is 2.97. The molecular formula is C9H17Li. The van der Waals surface area contributed by atoms with E-state index in [0.29, 0.717) is 5.41 Å². The molecule has 1 aliphatic rings.